The molecule has 86 valence electrons. The van der Waals surface area contributed by atoms with Crippen LogP contribution in [0.15, 0.2) is 24.4 Å². The summed E-state index contributed by atoms with van der Waals surface area (Å²) in [5.74, 6) is 0.948. The van der Waals surface area contributed by atoms with E-state index in [1.807, 2.05) is 12.3 Å². The molecule has 0 atom stereocenters. The van der Waals surface area contributed by atoms with Crippen LogP contribution in [-0.4, -0.2) is 28.5 Å². The molecule has 1 aliphatic carbocycles. The van der Waals surface area contributed by atoms with Crippen molar-refractivity contribution in [2.24, 2.45) is 11.7 Å². The molecule has 2 saturated heterocycles. The highest BCUT2D eigenvalue weighted by Crippen LogP contribution is 2.48. The largest absolute Gasteiger partial charge is 0.329 e. The van der Waals surface area contributed by atoms with Gasteiger partial charge in [-0.3, -0.25) is 9.88 Å². The fourth-order valence-corrected chi connectivity index (χ4v) is 3.28. The fourth-order valence-electron chi connectivity index (χ4n) is 3.28. The Morgan fingerprint density at radius 3 is 3.00 bits per heavy atom. The number of fused-ring (bicyclic) bond motifs is 2. The van der Waals surface area contributed by atoms with E-state index in [4.69, 9.17) is 5.73 Å². The summed E-state index contributed by atoms with van der Waals surface area (Å²) in [5, 5.41) is 0. The lowest BCUT2D eigenvalue weighted by molar-refractivity contribution is -0.0766. The highest BCUT2D eigenvalue weighted by Gasteiger charge is 2.50. The van der Waals surface area contributed by atoms with E-state index in [0.29, 0.717) is 5.54 Å². The van der Waals surface area contributed by atoms with E-state index in [0.717, 1.165) is 19.0 Å². The van der Waals surface area contributed by atoms with Crippen LogP contribution >= 0.6 is 0 Å². The van der Waals surface area contributed by atoms with Crippen LogP contribution in [0, 0.1) is 5.92 Å². The van der Waals surface area contributed by atoms with Crippen molar-refractivity contribution in [1.29, 1.82) is 0 Å². The molecule has 3 aliphatic rings. The molecule has 3 nitrogen and oxygen atoms in total. The van der Waals surface area contributed by atoms with Crippen LogP contribution < -0.4 is 5.73 Å². The van der Waals surface area contributed by atoms with Gasteiger partial charge in [0.05, 0.1) is 5.69 Å². The molecule has 1 saturated carbocycles. The molecule has 1 aromatic rings. The molecule has 16 heavy (non-hydrogen) atoms. The summed E-state index contributed by atoms with van der Waals surface area (Å²) in [5.41, 5.74) is 7.43. The number of aromatic nitrogens is 1. The third kappa shape index (κ3) is 1.55. The van der Waals surface area contributed by atoms with Crippen LogP contribution in [0.4, 0.5) is 0 Å². The number of hydrogen-bond acceptors (Lipinski definition) is 3. The Kier molecular flexibility index (Phi) is 2.45. The Morgan fingerprint density at radius 1 is 1.44 bits per heavy atom. The summed E-state index contributed by atoms with van der Waals surface area (Å²) in [7, 11) is 0. The van der Waals surface area contributed by atoms with E-state index in [9.17, 15) is 0 Å². The summed E-state index contributed by atoms with van der Waals surface area (Å²) in [4.78, 5) is 6.96. The van der Waals surface area contributed by atoms with E-state index in [1.54, 1.807) is 0 Å². The number of rotatable bonds is 3. The third-order valence-electron chi connectivity index (χ3n) is 4.27. The zero-order valence-electron chi connectivity index (χ0n) is 9.60. The van der Waals surface area contributed by atoms with E-state index in [2.05, 4.69) is 22.0 Å². The van der Waals surface area contributed by atoms with Gasteiger partial charge in [0.2, 0.25) is 0 Å². The van der Waals surface area contributed by atoms with Gasteiger partial charge < -0.3 is 5.73 Å². The van der Waals surface area contributed by atoms with Crippen LogP contribution in [0.3, 0.4) is 0 Å². The van der Waals surface area contributed by atoms with Crippen LogP contribution in [0.25, 0.3) is 0 Å². The second-order valence-corrected chi connectivity index (χ2v) is 5.23. The van der Waals surface area contributed by atoms with Crippen LogP contribution in [0.1, 0.15) is 25.0 Å². The molecule has 0 unspecified atom stereocenters. The maximum atomic E-state index is 5.96. The molecule has 3 heteroatoms. The van der Waals surface area contributed by atoms with Crippen molar-refractivity contribution in [3.63, 3.8) is 0 Å². The fraction of sp³-hybridized carbons (Fsp3) is 0.615. The Hall–Kier alpha value is -0.930. The average molecular weight is 217 g/mol. The van der Waals surface area contributed by atoms with E-state index >= 15 is 0 Å². The molecule has 2 bridgehead atoms. The predicted octanol–water partition coefficient (Wildman–Crippen LogP) is 1.39. The molecular formula is C13H19N3. The zero-order valence-corrected chi connectivity index (χ0v) is 9.60. The molecule has 0 aromatic carbocycles. The number of hydrogen-bond donors (Lipinski definition) is 1. The lowest BCUT2D eigenvalue weighted by Crippen LogP contribution is -2.65. The molecule has 0 spiro atoms. The van der Waals surface area contributed by atoms with Crippen LogP contribution in [0.2, 0.25) is 0 Å². The molecule has 2 N–H and O–H groups in total. The van der Waals surface area contributed by atoms with E-state index < -0.39 is 0 Å². The maximum absolute atomic E-state index is 5.96. The Labute approximate surface area is 96.7 Å². The molecule has 3 fully saturated rings. The third-order valence-corrected chi connectivity index (χ3v) is 4.27. The Bertz CT molecular complexity index is 357. The highest BCUT2D eigenvalue weighted by atomic mass is 15.2. The van der Waals surface area contributed by atoms with Crippen molar-refractivity contribution in [1.82, 2.24) is 9.88 Å². The van der Waals surface area contributed by atoms with Crippen LogP contribution in [0.5, 0.6) is 0 Å². The lowest BCUT2D eigenvalue weighted by atomic mass is 9.62. The normalized spacial score (nSPS) is 33.4. The quantitative estimate of drug-likeness (QED) is 0.832. The molecule has 0 amide bonds. The van der Waals surface area contributed by atoms with Crippen molar-refractivity contribution >= 4 is 0 Å². The molecule has 3 heterocycles. The Morgan fingerprint density at radius 2 is 2.31 bits per heavy atom. The Balaban J connectivity index is 1.74. The van der Waals surface area contributed by atoms with Gasteiger partial charge in [0, 0.05) is 24.8 Å². The van der Waals surface area contributed by atoms with Crippen LogP contribution in [-0.2, 0) is 6.54 Å². The summed E-state index contributed by atoms with van der Waals surface area (Å²) in [6, 6.07) is 6.14. The first-order chi connectivity index (χ1) is 7.82. The number of nitrogens with two attached hydrogens (primary N) is 1. The first-order valence-electron chi connectivity index (χ1n) is 6.17. The first kappa shape index (κ1) is 10.2. The monoisotopic (exact) mass is 217 g/mol. The van der Waals surface area contributed by atoms with Crippen molar-refractivity contribution in [3.8, 4) is 0 Å². The number of pyridine rings is 1. The van der Waals surface area contributed by atoms with Gasteiger partial charge in [-0.1, -0.05) is 6.07 Å². The van der Waals surface area contributed by atoms with Crippen molar-refractivity contribution in [2.45, 2.75) is 31.3 Å². The van der Waals surface area contributed by atoms with Gasteiger partial charge in [-0.05, 0) is 43.9 Å². The van der Waals surface area contributed by atoms with Gasteiger partial charge in [0.25, 0.3) is 0 Å². The number of nitrogens with zero attached hydrogens (tertiary/aromatic N) is 2. The number of piperidine rings is 2. The molecule has 4 rings (SSSR count). The van der Waals surface area contributed by atoms with Gasteiger partial charge >= 0.3 is 0 Å². The van der Waals surface area contributed by atoms with Gasteiger partial charge in [-0.2, -0.15) is 0 Å². The van der Waals surface area contributed by atoms with Crippen molar-refractivity contribution in [3.05, 3.63) is 30.1 Å². The molecular weight excluding hydrogens is 198 g/mol. The van der Waals surface area contributed by atoms with Gasteiger partial charge in [0.15, 0.2) is 0 Å². The second-order valence-electron chi connectivity index (χ2n) is 5.23. The first-order valence-corrected chi connectivity index (χ1v) is 6.17. The van der Waals surface area contributed by atoms with E-state index in [1.165, 1.54) is 31.5 Å². The zero-order chi connectivity index (χ0) is 11.0. The van der Waals surface area contributed by atoms with E-state index in [-0.39, 0.29) is 0 Å². The minimum atomic E-state index is 0.306. The molecule has 0 radical (unpaired) electrons. The highest BCUT2D eigenvalue weighted by molar-refractivity contribution is 5.10. The smallest absolute Gasteiger partial charge is 0.0544 e. The SMILES string of the molecule is NCC12CC(CCN1Cc1ccccn1)C2. The van der Waals surface area contributed by atoms with Gasteiger partial charge in [-0.25, -0.2) is 0 Å². The standard InChI is InChI=1S/C13H19N3/c14-10-13-7-11(8-13)4-6-16(13)9-12-3-1-2-5-15-12/h1-3,5,11H,4,6-10,14H2. The average Bonchev–Trinajstić information content (AvgIpc) is 2.29. The summed E-state index contributed by atoms with van der Waals surface area (Å²) in [6.07, 6.45) is 5.82. The topological polar surface area (TPSA) is 42.1 Å². The van der Waals surface area contributed by atoms with Gasteiger partial charge in [0.1, 0.15) is 0 Å². The summed E-state index contributed by atoms with van der Waals surface area (Å²) in [6.45, 7) is 2.96. The summed E-state index contributed by atoms with van der Waals surface area (Å²) < 4.78 is 0. The maximum Gasteiger partial charge on any atom is 0.0544 e. The van der Waals surface area contributed by atoms with Crippen molar-refractivity contribution < 1.29 is 0 Å². The lowest BCUT2D eigenvalue weighted by Gasteiger charge is -2.59. The minimum absolute atomic E-state index is 0.306. The minimum Gasteiger partial charge on any atom is -0.329 e. The molecule has 1 aromatic heterocycles. The second kappa shape index (κ2) is 3.82. The predicted molar refractivity (Wildman–Crippen MR) is 63.8 cm³/mol. The molecule has 2 aliphatic heterocycles. The summed E-state index contributed by atoms with van der Waals surface area (Å²) >= 11 is 0. The van der Waals surface area contributed by atoms with Gasteiger partial charge in [-0.15, -0.1) is 0 Å². The van der Waals surface area contributed by atoms with Crippen molar-refractivity contribution in [2.75, 3.05) is 13.1 Å².